The first-order valence-electron chi connectivity index (χ1n) is 5.96. The fourth-order valence-corrected chi connectivity index (χ4v) is 2.20. The van der Waals surface area contributed by atoms with Gasteiger partial charge in [0.25, 0.3) is 0 Å². The van der Waals surface area contributed by atoms with E-state index in [4.69, 9.17) is 22.1 Å². The molecule has 0 spiro atoms. The standard InChI is InChI=1S/C15H17ClN2O/c1-10-14(17)8-11(16)9-15(10)18(2)12-4-6-13(19-3)7-5-12/h4-9H,17H2,1-3H3. The van der Waals surface area contributed by atoms with E-state index in [0.717, 1.165) is 22.7 Å². The molecular weight excluding hydrogens is 260 g/mol. The highest BCUT2D eigenvalue weighted by molar-refractivity contribution is 6.31. The van der Waals surface area contributed by atoms with Gasteiger partial charge in [-0.1, -0.05) is 11.6 Å². The minimum absolute atomic E-state index is 0.637. The molecule has 2 aromatic carbocycles. The van der Waals surface area contributed by atoms with Crippen LogP contribution in [0.4, 0.5) is 17.1 Å². The Morgan fingerprint density at radius 2 is 1.79 bits per heavy atom. The van der Waals surface area contributed by atoms with E-state index < -0.39 is 0 Å². The number of halogens is 1. The lowest BCUT2D eigenvalue weighted by Gasteiger charge is -2.23. The number of hydrogen-bond acceptors (Lipinski definition) is 3. The molecule has 0 saturated carbocycles. The van der Waals surface area contributed by atoms with Gasteiger partial charge >= 0.3 is 0 Å². The highest BCUT2D eigenvalue weighted by Gasteiger charge is 2.10. The van der Waals surface area contributed by atoms with Crippen molar-refractivity contribution >= 4 is 28.7 Å². The molecule has 0 aliphatic rings. The summed E-state index contributed by atoms with van der Waals surface area (Å²) in [4.78, 5) is 2.05. The third-order valence-electron chi connectivity index (χ3n) is 3.21. The molecule has 0 aliphatic heterocycles. The first-order valence-corrected chi connectivity index (χ1v) is 6.34. The topological polar surface area (TPSA) is 38.5 Å². The monoisotopic (exact) mass is 276 g/mol. The lowest BCUT2D eigenvalue weighted by molar-refractivity contribution is 0.415. The molecule has 0 aliphatic carbocycles. The molecule has 0 radical (unpaired) electrons. The Hall–Kier alpha value is -1.87. The van der Waals surface area contributed by atoms with Crippen molar-refractivity contribution in [3.8, 4) is 5.75 Å². The van der Waals surface area contributed by atoms with Crippen LogP contribution in [0, 0.1) is 6.92 Å². The van der Waals surface area contributed by atoms with Crippen LogP contribution >= 0.6 is 11.6 Å². The fraction of sp³-hybridized carbons (Fsp3) is 0.200. The SMILES string of the molecule is COc1ccc(N(C)c2cc(Cl)cc(N)c2C)cc1. The van der Waals surface area contributed by atoms with Crippen molar-refractivity contribution in [2.24, 2.45) is 0 Å². The van der Waals surface area contributed by atoms with E-state index >= 15 is 0 Å². The van der Waals surface area contributed by atoms with Crippen LogP contribution in [-0.2, 0) is 0 Å². The van der Waals surface area contributed by atoms with Crippen LogP contribution in [0.25, 0.3) is 0 Å². The van der Waals surface area contributed by atoms with E-state index in [1.54, 1.807) is 13.2 Å². The van der Waals surface area contributed by atoms with E-state index in [0.29, 0.717) is 10.7 Å². The average molecular weight is 277 g/mol. The van der Waals surface area contributed by atoms with Crippen molar-refractivity contribution in [2.45, 2.75) is 6.92 Å². The summed E-state index contributed by atoms with van der Waals surface area (Å²) in [5.41, 5.74) is 9.71. The summed E-state index contributed by atoms with van der Waals surface area (Å²) in [5.74, 6) is 0.833. The molecule has 2 N–H and O–H groups in total. The summed E-state index contributed by atoms with van der Waals surface area (Å²) in [6, 6.07) is 11.5. The van der Waals surface area contributed by atoms with E-state index in [-0.39, 0.29) is 0 Å². The molecule has 0 amide bonds. The number of rotatable bonds is 3. The van der Waals surface area contributed by atoms with Gasteiger partial charge in [0.1, 0.15) is 5.75 Å². The molecule has 0 atom stereocenters. The Balaban J connectivity index is 2.40. The minimum Gasteiger partial charge on any atom is -0.497 e. The third-order valence-corrected chi connectivity index (χ3v) is 3.42. The van der Waals surface area contributed by atoms with Gasteiger partial charge in [0.2, 0.25) is 0 Å². The molecule has 0 bridgehead atoms. The summed E-state index contributed by atoms with van der Waals surface area (Å²) < 4.78 is 5.16. The lowest BCUT2D eigenvalue weighted by atomic mass is 10.1. The Bertz CT molecular complexity index is 581. The minimum atomic E-state index is 0.637. The molecule has 0 aromatic heterocycles. The van der Waals surface area contributed by atoms with Crippen molar-refractivity contribution in [3.63, 3.8) is 0 Å². The Morgan fingerprint density at radius 3 is 2.37 bits per heavy atom. The summed E-state index contributed by atoms with van der Waals surface area (Å²) in [6.45, 7) is 1.99. The van der Waals surface area contributed by atoms with Gasteiger partial charge in [-0.2, -0.15) is 0 Å². The summed E-state index contributed by atoms with van der Waals surface area (Å²) in [7, 11) is 3.64. The van der Waals surface area contributed by atoms with Crippen molar-refractivity contribution in [3.05, 3.63) is 47.0 Å². The van der Waals surface area contributed by atoms with E-state index in [1.165, 1.54) is 0 Å². The zero-order valence-electron chi connectivity index (χ0n) is 11.3. The zero-order chi connectivity index (χ0) is 14.0. The predicted octanol–water partition coefficient (Wildman–Crippen LogP) is 4.01. The number of nitrogens with two attached hydrogens (primary N) is 1. The van der Waals surface area contributed by atoms with Crippen molar-refractivity contribution in [1.82, 2.24) is 0 Å². The number of anilines is 3. The number of benzene rings is 2. The smallest absolute Gasteiger partial charge is 0.119 e. The molecule has 0 unspecified atom stereocenters. The van der Waals surface area contributed by atoms with Gasteiger partial charge in [-0.15, -0.1) is 0 Å². The quantitative estimate of drug-likeness (QED) is 0.861. The van der Waals surface area contributed by atoms with Crippen LogP contribution < -0.4 is 15.4 Å². The van der Waals surface area contributed by atoms with Gasteiger partial charge in [0, 0.05) is 29.1 Å². The van der Waals surface area contributed by atoms with Gasteiger partial charge in [-0.05, 0) is 48.9 Å². The Kier molecular flexibility index (Phi) is 3.86. The van der Waals surface area contributed by atoms with Crippen molar-refractivity contribution < 1.29 is 4.74 Å². The molecule has 19 heavy (non-hydrogen) atoms. The largest absolute Gasteiger partial charge is 0.497 e. The molecule has 3 nitrogen and oxygen atoms in total. The van der Waals surface area contributed by atoms with Crippen LogP contribution in [0.1, 0.15) is 5.56 Å². The zero-order valence-corrected chi connectivity index (χ0v) is 12.0. The normalized spacial score (nSPS) is 10.3. The van der Waals surface area contributed by atoms with Gasteiger partial charge in [0.15, 0.2) is 0 Å². The maximum absolute atomic E-state index is 6.07. The van der Waals surface area contributed by atoms with Gasteiger partial charge < -0.3 is 15.4 Å². The van der Waals surface area contributed by atoms with Crippen LogP contribution in [-0.4, -0.2) is 14.2 Å². The van der Waals surface area contributed by atoms with Gasteiger partial charge in [0.05, 0.1) is 7.11 Å². The molecular formula is C15H17ClN2O. The molecule has 0 fully saturated rings. The maximum atomic E-state index is 6.07. The van der Waals surface area contributed by atoms with Crippen molar-refractivity contribution in [2.75, 3.05) is 24.8 Å². The van der Waals surface area contributed by atoms with Crippen LogP contribution in [0.3, 0.4) is 0 Å². The summed E-state index contributed by atoms with van der Waals surface area (Å²) in [5, 5.41) is 0.637. The van der Waals surface area contributed by atoms with E-state index in [2.05, 4.69) is 4.90 Å². The van der Waals surface area contributed by atoms with E-state index in [9.17, 15) is 0 Å². The highest BCUT2D eigenvalue weighted by Crippen LogP contribution is 2.33. The second-order valence-electron chi connectivity index (χ2n) is 4.40. The second kappa shape index (κ2) is 5.41. The lowest BCUT2D eigenvalue weighted by Crippen LogP contribution is -2.11. The number of methoxy groups -OCH3 is 1. The third kappa shape index (κ3) is 2.76. The molecule has 4 heteroatoms. The van der Waals surface area contributed by atoms with Crippen LogP contribution in [0.15, 0.2) is 36.4 Å². The maximum Gasteiger partial charge on any atom is 0.119 e. The molecule has 100 valence electrons. The van der Waals surface area contributed by atoms with Crippen molar-refractivity contribution in [1.29, 1.82) is 0 Å². The predicted molar refractivity (Wildman–Crippen MR) is 81.7 cm³/mol. The molecule has 2 rings (SSSR count). The second-order valence-corrected chi connectivity index (χ2v) is 4.83. The van der Waals surface area contributed by atoms with Crippen LogP contribution in [0.5, 0.6) is 5.75 Å². The molecule has 2 aromatic rings. The molecule has 0 saturated heterocycles. The van der Waals surface area contributed by atoms with E-state index in [1.807, 2.05) is 44.3 Å². The number of nitrogen functional groups attached to an aromatic ring is 1. The number of ether oxygens (including phenoxy) is 1. The summed E-state index contributed by atoms with van der Waals surface area (Å²) >= 11 is 6.07. The van der Waals surface area contributed by atoms with Crippen LogP contribution in [0.2, 0.25) is 5.02 Å². The Morgan fingerprint density at radius 1 is 1.16 bits per heavy atom. The average Bonchev–Trinajstić information content (AvgIpc) is 2.42. The molecule has 0 heterocycles. The fourth-order valence-electron chi connectivity index (χ4n) is 1.98. The van der Waals surface area contributed by atoms with Gasteiger partial charge in [-0.25, -0.2) is 0 Å². The first-order chi connectivity index (χ1) is 9.02. The summed E-state index contributed by atoms with van der Waals surface area (Å²) in [6.07, 6.45) is 0. The number of hydrogen-bond donors (Lipinski definition) is 1. The van der Waals surface area contributed by atoms with Gasteiger partial charge in [-0.3, -0.25) is 0 Å². The number of nitrogens with zero attached hydrogens (tertiary/aromatic N) is 1. The first kappa shape index (κ1) is 13.6. The highest BCUT2D eigenvalue weighted by atomic mass is 35.5. The Labute approximate surface area is 118 Å².